The van der Waals surface area contributed by atoms with E-state index in [0.717, 1.165) is 74.4 Å². The van der Waals surface area contributed by atoms with E-state index in [2.05, 4.69) is 45.0 Å². The van der Waals surface area contributed by atoms with E-state index < -0.39 is 17.7 Å². The number of rotatable bonds is 8. The van der Waals surface area contributed by atoms with Gasteiger partial charge in [0.05, 0.1) is 19.0 Å². The Morgan fingerprint density at radius 2 is 1.88 bits per heavy atom. The number of nitrogens with one attached hydrogen (secondary N) is 2. The van der Waals surface area contributed by atoms with Crippen LogP contribution in [0.3, 0.4) is 0 Å². The lowest BCUT2D eigenvalue weighted by molar-refractivity contribution is 0.0595. The second-order valence-corrected chi connectivity index (χ2v) is 15.3. The minimum atomic E-state index is -0.547. The Hall–Kier alpha value is -4.35. The predicted octanol–water partition coefficient (Wildman–Crippen LogP) is 8.34. The molecule has 1 saturated heterocycles. The molecule has 0 bridgehead atoms. The summed E-state index contributed by atoms with van der Waals surface area (Å²) in [6.45, 7) is 14.7. The second-order valence-electron chi connectivity index (χ2n) is 14.4. The van der Waals surface area contributed by atoms with Gasteiger partial charge < -0.3 is 24.1 Å². The molecule has 4 heterocycles. The summed E-state index contributed by atoms with van der Waals surface area (Å²) >= 11 is 1.68. The third kappa shape index (κ3) is 8.02. The molecule has 0 spiro atoms. The molecule has 48 heavy (non-hydrogen) atoms. The molecule has 0 atom stereocenters. The van der Waals surface area contributed by atoms with E-state index >= 15 is 0 Å². The van der Waals surface area contributed by atoms with Crippen molar-refractivity contribution < 1.29 is 23.8 Å². The highest BCUT2D eigenvalue weighted by atomic mass is 32.1. The van der Waals surface area contributed by atoms with E-state index in [1.54, 1.807) is 23.6 Å². The van der Waals surface area contributed by atoms with E-state index in [0.29, 0.717) is 17.1 Å². The lowest BCUT2D eigenvalue weighted by Crippen LogP contribution is -2.47. The van der Waals surface area contributed by atoms with Crippen LogP contribution in [0.15, 0.2) is 59.7 Å². The molecule has 254 valence electrons. The summed E-state index contributed by atoms with van der Waals surface area (Å²) in [6, 6.07) is 11.6. The minimum absolute atomic E-state index is 0.222. The maximum absolute atomic E-state index is 12.6. The Kier molecular flexibility index (Phi) is 9.53. The summed E-state index contributed by atoms with van der Waals surface area (Å²) in [4.78, 5) is 38.6. The molecule has 2 aliphatic rings. The highest BCUT2D eigenvalue weighted by molar-refractivity contribution is 7.11. The van der Waals surface area contributed by atoms with E-state index in [1.165, 1.54) is 23.1 Å². The number of allylic oxidation sites excluding steroid dienone is 1. The summed E-state index contributed by atoms with van der Waals surface area (Å²) in [5.41, 5.74) is 5.48. The SMILES string of the molecule is COC(=O)c1ccc(N2CCN(CC3=C(c4cc(NC(=O)OC(C)(C)C)cs4)CC(C)(C)CC3)CC2)cc1Oc1cnc2[nH]ccc2c1. The summed E-state index contributed by atoms with van der Waals surface area (Å²) < 4.78 is 16.7. The summed E-state index contributed by atoms with van der Waals surface area (Å²) in [5.74, 6) is 0.539. The molecule has 11 heteroatoms. The first kappa shape index (κ1) is 33.5. The first-order valence-corrected chi connectivity index (χ1v) is 17.3. The van der Waals surface area contributed by atoms with Gasteiger partial charge in [-0.15, -0.1) is 11.3 Å². The number of ether oxygens (including phenoxy) is 3. The molecule has 1 amide bonds. The quantitative estimate of drug-likeness (QED) is 0.180. The van der Waals surface area contributed by atoms with Gasteiger partial charge in [-0.1, -0.05) is 19.4 Å². The van der Waals surface area contributed by atoms with Crippen molar-refractivity contribution in [2.45, 2.75) is 59.5 Å². The first-order chi connectivity index (χ1) is 22.9. The van der Waals surface area contributed by atoms with Gasteiger partial charge >= 0.3 is 12.1 Å². The van der Waals surface area contributed by atoms with Crippen molar-refractivity contribution in [1.82, 2.24) is 14.9 Å². The molecular weight excluding hydrogens is 627 g/mol. The fraction of sp³-hybridized carbons (Fsp3) is 0.432. The number of amides is 1. The van der Waals surface area contributed by atoms with Gasteiger partial charge in [-0.25, -0.2) is 14.6 Å². The number of pyridine rings is 1. The van der Waals surface area contributed by atoms with E-state index in [4.69, 9.17) is 14.2 Å². The van der Waals surface area contributed by atoms with E-state index in [9.17, 15) is 9.59 Å². The van der Waals surface area contributed by atoms with E-state index in [-0.39, 0.29) is 5.41 Å². The molecule has 10 nitrogen and oxygen atoms in total. The zero-order chi connectivity index (χ0) is 34.1. The van der Waals surface area contributed by atoms with Crippen LogP contribution in [-0.4, -0.2) is 72.4 Å². The van der Waals surface area contributed by atoms with Gasteiger partial charge in [-0.3, -0.25) is 10.2 Å². The smallest absolute Gasteiger partial charge is 0.412 e. The van der Waals surface area contributed by atoms with Crippen LogP contribution in [0.5, 0.6) is 11.5 Å². The maximum atomic E-state index is 12.6. The van der Waals surface area contributed by atoms with Crippen LogP contribution in [0.1, 0.15) is 69.1 Å². The number of anilines is 2. The minimum Gasteiger partial charge on any atom is -0.465 e. The molecular formula is C37H45N5O5S. The zero-order valence-electron chi connectivity index (χ0n) is 28.6. The number of piperazine rings is 1. The van der Waals surface area contributed by atoms with Crippen LogP contribution in [0.25, 0.3) is 16.6 Å². The molecule has 1 aliphatic carbocycles. The molecule has 0 radical (unpaired) electrons. The van der Waals surface area contributed by atoms with Gasteiger partial charge in [-0.05, 0) is 81.4 Å². The Labute approximate surface area is 286 Å². The largest absolute Gasteiger partial charge is 0.465 e. The number of aromatic amines is 1. The third-order valence-electron chi connectivity index (χ3n) is 8.85. The van der Waals surface area contributed by atoms with Crippen molar-refractivity contribution in [3.8, 4) is 11.5 Å². The number of thiophene rings is 1. The zero-order valence-corrected chi connectivity index (χ0v) is 29.5. The lowest BCUT2D eigenvalue weighted by atomic mass is 9.74. The number of nitrogens with zero attached hydrogens (tertiary/aromatic N) is 3. The number of carbonyl (C=O) groups is 2. The van der Waals surface area contributed by atoms with Crippen LogP contribution in [0, 0.1) is 5.41 Å². The van der Waals surface area contributed by atoms with E-state index in [1.807, 2.05) is 56.6 Å². The normalized spacial score (nSPS) is 17.0. The number of H-pyrrole nitrogens is 1. The van der Waals surface area contributed by atoms with Gasteiger partial charge in [0.15, 0.2) is 0 Å². The second kappa shape index (κ2) is 13.6. The average Bonchev–Trinajstić information content (AvgIpc) is 3.70. The van der Waals surface area contributed by atoms with Gasteiger partial charge in [0.2, 0.25) is 0 Å². The fourth-order valence-electron chi connectivity index (χ4n) is 6.36. The Morgan fingerprint density at radius 1 is 1.08 bits per heavy atom. The lowest BCUT2D eigenvalue weighted by Gasteiger charge is -2.39. The Bertz CT molecular complexity index is 1830. The maximum Gasteiger partial charge on any atom is 0.412 e. The van der Waals surface area contributed by atoms with Crippen LogP contribution in [-0.2, 0) is 9.47 Å². The van der Waals surface area contributed by atoms with Crippen molar-refractivity contribution in [1.29, 1.82) is 0 Å². The summed E-state index contributed by atoms with van der Waals surface area (Å²) in [7, 11) is 1.37. The summed E-state index contributed by atoms with van der Waals surface area (Å²) in [6.07, 6.45) is 6.28. The Balaban J connectivity index is 1.15. The highest BCUT2D eigenvalue weighted by Gasteiger charge is 2.30. The number of methoxy groups -OCH3 is 1. The van der Waals surface area contributed by atoms with Crippen molar-refractivity contribution in [2.75, 3.05) is 50.1 Å². The van der Waals surface area contributed by atoms with Crippen LogP contribution in [0.2, 0.25) is 0 Å². The number of hydrogen-bond acceptors (Lipinski definition) is 9. The van der Waals surface area contributed by atoms with Crippen LogP contribution in [0.4, 0.5) is 16.2 Å². The molecule has 4 aromatic rings. The summed E-state index contributed by atoms with van der Waals surface area (Å²) in [5, 5.41) is 5.83. The number of carbonyl (C=O) groups excluding carboxylic acids is 2. The third-order valence-corrected chi connectivity index (χ3v) is 9.84. The van der Waals surface area contributed by atoms with Crippen LogP contribution < -0.4 is 15.0 Å². The van der Waals surface area contributed by atoms with Crippen molar-refractivity contribution in [2.24, 2.45) is 5.41 Å². The molecule has 0 unspecified atom stereocenters. The van der Waals surface area contributed by atoms with Gasteiger partial charge in [0, 0.05) is 66.3 Å². The van der Waals surface area contributed by atoms with Crippen LogP contribution >= 0.6 is 11.3 Å². The Morgan fingerprint density at radius 3 is 2.62 bits per heavy atom. The number of esters is 1. The molecule has 1 aromatic carbocycles. The average molecular weight is 672 g/mol. The topological polar surface area (TPSA) is 109 Å². The molecule has 1 aliphatic heterocycles. The predicted molar refractivity (Wildman–Crippen MR) is 191 cm³/mol. The number of fused-ring (bicyclic) bond motifs is 1. The standard InChI is InChI=1S/C37H45N5O5S/c1-36(2,3)47-35(44)40-26-18-32(48-23-26)30-20-37(4,5)11-9-25(30)22-41-13-15-42(16-14-41)27-7-8-29(34(43)45-6)31(19-27)46-28-17-24-10-12-38-33(24)39-21-28/h7-8,10,12,17-19,21,23H,9,11,13-16,20,22H2,1-6H3,(H,38,39)(H,40,44). The van der Waals surface area contributed by atoms with Crippen molar-refractivity contribution in [3.05, 3.63) is 70.2 Å². The van der Waals surface area contributed by atoms with Crippen molar-refractivity contribution in [3.63, 3.8) is 0 Å². The van der Waals surface area contributed by atoms with Gasteiger partial charge in [-0.2, -0.15) is 0 Å². The molecule has 6 rings (SSSR count). The van der Waals surface area contributed by atoms with Gasteiger partial charge in [0.25, 0.3) is 0 Å². The highest BCUT2D eigenvalue weighted by Crippen LogP contribution is 2.45. The van der Waals surface area contributed by atoms with Gasteiger partial charge in [0.1, 0.15) is 28.3 Å². The number of hydrogen-bond donors (Lipinski definition) is 2. The molecule has 2 N–H and O–H groups in total. The first-order valence-electron chi connectivity index (χ1n) is 16.5. The number of aromatic nitrogens is 2. The molecule has 1 fully saturated rings. The van der Waals surface area contributed by atoms with Crippen molar-refractivity contribution >= 4 is 51.4 Å². The monoisotopic (exact) mass is 671 g/mol. The number of benzene rings is 1. The molecule has 3 aromatic heterocycles. The fourth-order valence-corrected chi connectivity index (χ4v) is 7.29. The molecule has 0 saturated carbocycles.